The molecule has 1 aromatic carbocycles. The van der Waals surface area contributed by atoms with E-state index < -0.39 is 10.0 Å². The SMILES string of the molecule is O=C(COc1ccc(Cl)cc1)NCCN1CCCCS1(=O)=O. The molecule has 1 aliphatic heterocycles. The first-order chi connectivity index (χ1) is 10.5. The van der Waals surface area contributed by atoms with Crippen molar-refractivity contribution < 1.29 is 17.9 Å². The van der Waals surface area contributed by atoms with Crippen LogP contribution < -0.4 is 10.1 Å². The minimum Gasteiger partial charge on any atom is -0.484 e. The topological polar surface area (TPSA) is 75.7 Å². The molecule has 22 heavy (non-hydrogen) atoms. The number of hydrogen-bond donors (Lipinski definition) is 1. The summed E-state index contributed by atoms with van der Waals surface area (Å²) in [4.78, 5) is 11.7. The van der Waals surface area contributed by atoms with Crippen LogP contribution in [0.15, 0.2) is 24.3 Å². The third-order valence-corrected chi connectivity index (χ3v) is 5.53. The number of amides is 1. The Kier molecular flexibility index (Phi) is 6.05. The van der Waals surface area contributed by atoms with Crippen LogP contribution in [0.2, 0.25) is 5.02 Å². The van der Waals surface area contributed by atoms with E-state index in [1.54, 1.807) is 24.3 Å². The highest BCUT2D eigenvalue weighted by Gasteiger charge is 2.25. The third kappa shape index (κ3) is 5.15. The predicted octanol–water partition coefficient (Wildman–Crippen LogP) is 1.26. The Morgan fingerprint density at radius 2 is 2.00 bits per heavy atom. The highest BCUT2D eigenvalue weighted by molar-refractivity contribution is 7.89. The highest BCUT2D eigenvalue weighted by Crippen LogP contribution is 2.15. The van der Waals surface area contributed by atoms with Crippen molar-refractivity contribution in [3.05, 3.63) is 29.3 Å². The second-order valence-electron chi connectivity index (χ2n) is 5.01. The standard InChI is InChI=1S/C14H19ClN2O4S/c15-12-3-5-13(6-4-12)21-11-14(18)16-7-9-17-8-1-2-10-22(17,19)20/h3-6H,1-2,7-11H2,(H,16,18). The summed E-state index contributed by atoms with van der Waals surface area (Å²) in [6.45, 7) is 0.991. The van der Waals surface area contributed by atoms with Gasteiger partial charge in [0.25, 0.3) is 5.91 Å². The van der Waals surface area contributed by atoms with E-state index in [-0.39, 0.29) is 24.8 Å². The van der Waals surface area contributed by atoms with Crippen LogP contribution in [-0.4, -0.2) is 50.6 Å². The molecule has 1 amide bonds. The predicted molar refractivity (Wildman–Crippen MR) is 84.6 cm³/mol. The van der Waals surface area contributed by atoms with Gasteiger partial charge in [0.1, 0.15) is 5.75 Å². The number of nitrogens with zero attached hydrogens (tertiary/aromatic N) is 1. The van der Waals surface area contributed by atoms with Gasteiger partial charge in [-0.25, -0.2) is 12.7 Å². The molecule has 6 nitrogen and oxygen atoms in total. The summed E-state index contributed by atoms with van der Waals surface area (Å²) >= 11 is 5.75. The van der Waals surface area contributed by atoms with Crippen LogP contribution in [0.4, 0.5) is 0 Å². The summed E-state index contributed by atoms with van der Waals surface area (Å²) in [5, 5.41) is 3.25. The smallest absolute Gasteiger partial charge is 0.257 e. The van der Waals surface area contributed by atoms with Crippen molar-refractivity contribution in [2.45, 2.75) is 12.8 Å². The van der Waals surface area contributed by atoms with Crippen molar-refractivity contribution in [3.8, 4) is 5.75 Å². The Balaban J connectivity index is 1.68. The number of ether oxygens (including phenoxy) is 1. The average molecular weight is 347 g/mol. The van der Waals surface area contributed by atoms with Crippen molar-refractivity contribution in [2.24, 2.45) is 0 Å². The van der Waals surface area contributed by atoms with E-state index in [2.05, 4.69) is 5.32 Å². The molecule has 1 fully saturated rings. The van der Waals surface area contributed by atoms with Crippen molar-refractivity contribution in [3.63, 3.8) is 0 Å². The minimum absolute atomic E-state index is 0.117. The fourth-order valence-electron chi connectivity index (χ4n) is 2.14. The molecule has 1 saturated heterocycles. The third-order valence-electron chi connectivity index (χ3n) is 3.32. The first-order valence-corrected chi connectivity index (χ1v) is 9.09. The molecular formula is C14H19ClN2O4S. The van der Waals surface area contributed by atoms with Gasteiger partial charge in [-0.15, -0.1) is 0 Å². The van der Waals surface area contributed by atoms with Gasteiger partial charge in [0.05, 0.1) is 5.75 Å². The van der Waals surface area contributed by atoms with Gasteiger partial charge in [-0.1, -0.05) is 11.6 Å². The first-order valence-electron chi connectivity index (χ1n) is 7.10. The van der Waals surface area contributed by atoms with E-state index in [0.29, 0.717) is 30.3 Å². The average Bonchev–Trinajstić information content (AvgIpc) is 2.48. The number of rotatable bonds is 6. The molecule has 2 rings (SSSR count). The highest BCUT2D eigenvalue weighted by atomic mass is 35.5. The van der Waals surface area contributed by atoms with Crippen LogP contribution in [-0.2, 0) is 14.8 Å². The van der Waals surface area contributed by atoms with E-state index in [1.807, 2.05) is 0 Å². The van der Waals surface area contributed by atoms with Gasteiger partial charge in [-0.05, 0) is 37.1 Å². The zero-order chi connectivity index (χ0) is 16.0. The van der Waals surface area contributed by atoms with Crippen LogP contribution in [0.25, 0.3) is 0 Å². The molecule has 1 aromatic rings. The maximum absolute atomic E-state index is 11.8. The zero-order valence-electron chi connectivity index (χ0n) is 12.1. The molecule has 1 heterocycles. The normalized spacial score (nSPS) is 17.9. The van der Waals surface area contributed by atoms with Gasteiger partial charge < -0.3 is 10.1 Å². The lowest BCUT2D eigenvalue weighted by Crippen LogP contribution is -2.43. The molecule has 1 aliphatic rings. The Morgan fingerprint density at radius 3 is 2.68 bits per heavy atom. The van der Waals surface area contributed by atoms with Crippen molar-refractivity contribution in [2.75, 3.05) is 32.0 Å². The fraction of sp³-hybridized carbons (Fsp3) is 0.500. The lowest BCUT2D eigenvalue weighted by Gasteiger charge is -2.26. The Morgan fingerprint density at radius 1 is 1.27 bits per heavy atom. The van der Waals surface area contributed by atoms with E-state index in [0.717, 1.165) is 6.42 Å². The summed E-state index contributed by atoms with van der Waals surface area (Å²) in [5.41, 5.74) is 0. The molecule has 0 unspecified atom stereocenters. The van der Waals surface area contributed by atoms with Crippen molar-refractivity contribution >= 4 is 27.5 Å². The summed E-state index contributed by atoms with van der Waals surface area (Å²) in [6.07, 6.45) is 1.58. The number of carbonyl (C=O) groups excluding carboxylic acids is 1. The Bertz CT molecular complexity index is 604. The van der Waals surface area contributed by atoms with Gasteiger partial charge in [-0.2, -0.15) is 0 Å². The molecule has 0 aliphatic carbocycles. The van der Waals surface area contributed by atoms with Crippen LogP contribution in [0.1, 0.15) is 12.8 Å². The number of carbonyl (C=O) groups is 1. The van der Waals surface area contributed by atoms with Gasteiger partial charge in [0, 0.05) is 24.7 Å². The number of sulfonamides is 1. The summed E-state index contributed by atoms with van der Waals surface area (Å²) in [6, 6.07) is 6.71. The maximum atomic E-state index is 11.8. The van der Waals surface area contributed by atoms with E-state index in [9.17, 15) is 13.2 Å². The number of benzene rings is 1. The number of nitrogens with one attached hydrogen (secondary N) is 1. The summed E-state index contributed by atoms with van der Waals surface area (Å²) < 4.78 is 30.3. The molecule has 122 valence electrons. The van der Waals surface area contributed by atoms with E-state index in [1.165, 1.54) is 4.31 Å². The Labute approximate surface area is 135 Å². The minimum atomic E-state index is -3.14. The molecule has 0 spiro atoms. The largest absolute Gasteiger partial charge is 0.484 e. The molecule has 0 atom stereocenters. The molecule has 0 aromatic heterocycles. The van der Waals surface area contributed by atoms with Crippen molar-refractivity contribution in [1.29, 1.82) is 0 Å². The van der Waals surface area contributed by atoms with Gasteiger partial charge in [-0.3, -0.25) is 4.79 Å². The van der Waals surface area contributed by atoms with Crippen LogP contribution in [0.3, 0.4) is 0 Å². The van der Waals surface area contributed by atoms with Gasteiger partial charge >= 0.3 is 0 Å². The molecule has 0 saturated carbocycles. The lowest BCUT2D eigenvalue weighted by molar-refractivity contribution is -0.123. The molecular weight excluding hydrogens is 328 g/mol. The maximum Gasteiger partial charge on any atom is 0.257 e. The number of halogens is 1. The molecule has 1 N–H and O–H groups in total. The van der Waals surface area contributed by atoms with E-state index >= 15 is 0 Å². The molecule has 0 bridgehead atoms. The summed E-state index contributed by atoms with van der Waals surface area (Å²) in [5.74, 6) is 0.461. The second-order valence-corrected chi connectivity index (χ2v) is 7.54. The summed E-state index contributed by atoms with van der Waals surface area (Å²) in [7, 11) is -3.14. The quantitative estimate of drug-likeness (QED) is 0.841. The monoisotopic (exact) mass is 346 g/mol. The fourth-order valence-corrected chi connectivity index (χ4v) is 3.87. The van der Waals surface area contributed by atoms with Gasteiger partial charge in [0.15, 0.2) is 6.61 Å². The molecule has 0 radical (unpaired) electrons. The first kappa shape index (κ1) is 17.1. The Hall–Kier alpha value is -1.31. The van der Waals surface area contributed by atoms with Gasteiger partial charge in [0.2, 0.25) is 10.0 Å². The van der Waals surface area contributed by atoms with Crippen molar-refractivity contribution in [1.82, 2.24) is 9.62 Å². The van der Waals surface area contributed by atoms with E-state index in [4.69, 9.17) is 16.3 Å². The lowest BCUT2D eigenvalue weighted by atomic mass is 10.3. The number of hydrogen-bond acceptors (Lipinski definition) is 4. The second kappa shape index (κ2) is 7.80. The molecule has 8 heteroatoms. The van der Waals surface area contributed by atoms with Crippen LogP contribution in [0.5, 0.6) is 5.75 Å². The van der Waals surface area contributed by atoms with Crippen LogP contribution >= 0.6 is 11.6 Å². The van der Waals surface area contributed by atoms with Crippen LogP contribution in [0, 0.1) is 0 Å². The zero-order valence-corrected chi connectivity index (χ0v) is 13.7.